The van der Waals surface area contributed by atoms with Crippen LogP contribution in [0.3, 0.4) is 0 Å². The van der Waals surface area contributed by atoms with Crippen LogP contribution in [0.15, 0.2) is 29.3 Å². The second kappa shape index (κ2) is 9.03. The molecule has 36 heavy (non-hydrogen) atoms. The fraction of sp³-hybridized carbons (Fsp3) is 0.733. The Morgan fingerprint density at radius 2 is 1.50 bits per heavy atom. The largest absolute Gasteiger partial charge is 0.304 e. The van der Waals surface area contributed by atoms with Gasteiger partial charge in [0.1, 0.15) is 5.84 Å². The fourth-order valence-electron chi connectivity index (χ4n) is 9.50. The highest BCUT2D eigenvalue weighted by molar-refractivity contribution is 7.80. The summed E-state index contributed by atoms with van der Waals surface area (Å²) in [6, 6.07) is 8.63. The molecule has 5 aliphatic carbocycles. The van der Waals surface area contributed by atoms with Crippen molar-refractivity contribution in [3.05, 3.63) is 29.3 Å². The summed E-state index contributed by atoms with van der Waals surface area (Å²) in [6.45, 7) is 4.44. The maximum atomic E-state index is 6.91. The normalized spacial score (nSPS) is 39.6. The van der Waals surface area contributed by atoms with Gasteiger partial charge in [-0.1, -0.05) is 55.2 Å². The Bertz CT molecular complexity index is 1020. The van der Waals surface area contributed by atoms with Crippen molar-refractivity contribution in [1.82, 2.24) is 9.80 Å². The molecule has 1 unspecified atom stereocenters. The summed E-state index contributed by atoms with van der Waals surface area (Å²) in [6.07, 6.45) is 14.4. The number of likely N-dealkylation sites (N-methyl/N-ethyl adjacent to an activating group) is 1. The Morgan fingerprint density at radius 1 is 0.889 bits per heavy atom. The topological polar surface area (TPSA) is 22.1 Å². The first-order valence-corrected chi connectivity index (χ1v) is 15.4. The zero-order chi connectivity index (χ0) is 24.5. The van der Waals surface area contributed by atoms with Gasteiger partial charge in [0.15, 0.2) is 0 Å². The fourth-order valence-corrected chi connectivity index (χ4v) is 10.2. The zero-order valence-corrected chi connectivity index (χ0v) is 23.4. The van der Waals surface area contributed by atoms with Gasteiger partial charge >= 0.3 is 0 Å². The summed E-state index contributed by atoms with van der Waals surface area (Å²) in [5.74, 6) is 3.90. The smallest absolute Gasteiger partial charge is 0.128 e. The van der Waals surface area contributed by atoms with Crippen LogP contribution in [0.1, 0.15) is 70.6 Å². The third-order valence-corrected chi connectivity index (χ3v) is 11.6. The summed E-state index contributed by atoms with van der Waals surface area (Å²) < 4.78 is 0. The second-order valence-electron chi connectivity index (χ2n) is 13.2. The Morgan fingerprint density at radius 3 is 2.11 bits per heavy atom. The van der Waals surface area contributed by atoms with Crippen molar-refractivity contribution < 1.29 is 0 Å². The highest BCUT2D eigenvalue weighted by Gasteiger charge is 2.59. The maximum absolute atomic E-state index is 6.91. The van der Waals surface area contributed by atoms with Crippen LogP contribution in [0.25, 0.3) is 0 Å². The number of amidine groups is 1. The van der Waals surface area contributed by atoms with Gasteiger partial charge in [0.05, 0.1) is 27.3 Å². The summed E-state index contributed by atoms with van der Waals surface area (Å²) in [5, 5.41) is 0.794. The molecule has 1 aromatic rings. The van der Waals surface area contributed by atoms with Crippen LogP contribution in [0.4, 0.5) is 5.69 Å². The van der Waals surface area contributed by atoms with Gasteiger partial charge in [0, 0.05) is 31.6 Å². The first-order valence-electron chi connectivity index (χ1n) is 14.6. The molecular formula is C30H41ClN4S. The second-order valence-corrected chi connectivity index (χ2v) is 14.0. The predicted octanol–water partition coefficient (Wildman–Crippen LogP) is 6.42. The van der Waals surface area contributed by atoms with Crippen LogP contribution in [-0.2, 0) is 0 Å². The predicted molar refractivity (Wildman–Crippen MR) is 153 cm³/mol. The molecule has 0 radical (unpaired) electrons. The molecule has 194 valence electrons. The highest BCUT2D eigenvalue weighted by Crippen LogP contribution is 2.58. The molecule has 7 aliphatic rings. The molecular weight excluding hydrogens is 484 g/mol. The number of hydrogen-bond donors (Lipinski definition) is 0. The van der Waals surface area contributed by atoms with E-state index in [-0.39, 0.29) is 17.0 Å². The number of para-hydroxylation sites is 1. The van der Waals surface area contributed by atoms with Gasteiger partial charge in [0.25, 0.3) is 0 Å². The lowest BCUT2D eigenvalue weighted by atomic mass is 9.53. The molecule has 7 fully saturated rings. The third kappa shape index (κ3) is 3.82. The van der Waals surface area contributed by atoms with E-state index in [1.165, 1.54) is 76.5 Å². The van der Waals surface area contributed by atoms with Crippen LogP contribution in [-0.4, -0.2) is 65.4 Å². The van der Waals surface area contributed by atoms with Crippen molar-refractivity contribution in [2.45, 2.75) is 82.2 Å². The lowest BCUT2D eigenvalue weighted by molar-refractivity contribution is 0.000851. The minimum Gasteiger partial charge on any atom is -0.304 e. The first-order chi connectivity index (χ1) is 17.5. The quantitative estimate of drug-likeness (QED) is 0.425. The molecule has 0 aromatic heterocycles. The molecule has 2 heterocycles. The van der Waals surface area contributed by atoms with Crippen molar-refractivity contribution >= 4 is 40.3 Å². The molecule has 4 bridgehead atoms. The van der Waals surface area contributed by atoms with Crippen molar-refractivity contribution in [2.24, 2.45) is 28.2 Å². The van der Waals surface area contributed by atoms with Crippen molar-refractivity contribution in [1.29, 1.82) is 0 Å². The van der Waals surface area contributed by atoms with Crippen molar-refractivity contribution in [3.63, 3.8) is 0 Å². The van der Waals surface area contributed by atoms with Gasteiger partial charge in [-0.05, 0) is 88.3 Å². The molecule has 5 saturated carbocycles. The average Bonchev–Trinajstić information content (AvgIpc) is 3.06. The van der Waals surface area contributed by atoms with E-state index in [9.17, 15) is 0 Å². The summed E-state index contributed by atoms with van der Waals surface area (Å²) in [5.41, 5.74) is 1.17. The lowest BCUT2D eigenvalue weighted by Crippen LogP contribution is -2.58. The van der Waals surface area contributed by atoms with E-state index in [0.717, 1.165) is 59.6 Å². The van der Waals surface area contributed by atoms with Gasteiger partial charge < -0.3 is 4.90 Å². The standard InChI is InChI=1S/C30H41ClN4S/c1-33-11-13-34(14-12-33)26-27(32-29-18-21-15-22(19-29)17-23(16-21)20-29)35(25-8-4-3-7-24(25)31)28(36)30(26)9-5-2-6-10-30/h3-4,7-8,21-23,26H,2,5-6,9-20H2,1H3. The van der Waals surface area contributed by atoms with E-state index >= 15 is 0 Å². The van der Waals surface area contributed by atoms with Crippen molar-refractivity contribution in [3.8, 4) is 0 Å². The lowest BCUT2D eigenvalue weighted by Gasteiger charge is -2.55. The summed E-state index contributed by atoms with van der Waals surface area (Å²) in [4.78, 5) is 14.7. The monoisotopic (exact) mass is 524 g/mol. The number of rotatable bonds is 3. The first kappa shape index (κ1) is 24.1. The third-order valence-electron chi connectivity index (χ3n) is 10.7. The molecule has 1 atom stereocenters. The van der Waals surface area contributed by atoms with Crippen LogP contribution >= 0.6 is 23.8 Å². The number of anilines is 1. The molecule has 2 aliphatic heterocycles. The Labute approximate surface area is 227 Å². The van der Waals surface area contributed by atoms with Gasteiger partial charge in [-0.25, -0.2) is 0 Å². The van der Waals surface area contributed by atoms with Gasteiger partial charge in [-0.15, -0.1) is 0 Å². The van der Waals surface area contributed by atoms with E-state index in [1.807, 2.05) is 12.1 Å². The Hall–Kier alpha value is -1.01. The van der Waals surface area contributed by atoms with Crippen LogP contribution in [0.2, 0.25) is 5.02 Å². The highest BCUT2D eigenvalue weighted by atomic mass is 35.5. The minimum atomic E-state index is 0.00376. The molecule has 8 rings (SSSR count). The van der Waals surface area contributed by atoms with Crippen molar-refractivity contribution in [2.75, 3.05) is 38.1 Å². The number of halogens is 1. The van der Waals surface area contributed by atoms with E-state index in [2.05, 4.69) is 33.9 Å². The van der Waals surface area contributed by atoms with Gasteiger partial charge in [0.2, 0.25) is 0 Å². The molecule has 0 amide bonds. The zero-order valence-electron chi connectivity index (χ0n) is 21.8. The number of hydrogen-bond acceptors (Lipinski definition) is 4. The SMILES string of the molecule is CN1CCN(C2C(=NC34CC5CC(CC(C5)C3)C4)N(c3ccccc3Cl)C(=S)C23CCCCC3)CC1. The summed E-state index contributed by atoms with van der Waals surface area (Å²) in [7, 11) is 2.26. The Kier molecular flexibility index (Phi) is 6.04. The number of thiocarbonyl (C=S) groups is 1. The van der Waals surface area contributed by atoms with Crippen LogP contribution in [0.5, 0.6) is 0 Å². The van der Waals surface area contributed by atoms with Crippen LogP contribution in [0, 0.1) is 23.2 Å². The molecule has 2 saturated heterocycles. The van der Waals surface area contributed by atoms with Crippen LogP contribution < -0.4 is 4.90 Å². The van der Waals surface area contributed by atoms with Gasteiger partial charge in [-0.2, -0.15) is 0 Å². The molecule has 0 N–H and O–H groups in total. The number of benzene rings is 1. The number of nitrogens with zero attached hydrogens (tertiary/aromatic N) is 4. The number of aliphatic imine (C=N–C) groups is 1. The average molecular weight is 525 g/mol. The molecule has 1 aromatic carbocycles. The van der Waals surface area contributed by atoms with E-state index in [0.29, 0.717) is 0 Å². The van der Waals surface area contributed by atoms with E-state index in [1.54, 1.807) is 0 Å². The Balaban J connectivity index is 1.39. The van der Waals surface area contributed by atoms with E-state index < -0.39 is 0 Å². The van der Waals surface area contributed by atoms with Gasteiger partial charge in [-0.3, -0.25) is 14.8 Å². The minimum absolute atomic E-state index is 0.00376. The summed E-state index contributed by atoms with van der Waals surface area (Å²) >= 11 is 13.4. The molecule has 4 nitrogen and oxygen atoms in total. The van der Waals surface area contributed by atoms with E-state index in [4.69, 9.17) is 28.8 Å². The molecule has 1 spiro atoms. The maximum Gasteiger partial charge on any atom is 0.128 e. The number of piperazine rings is 1. The molecule has 6 heteroatoms.